The van der Waals surface area contributed by atoms with Crippen LogP contribution in [0.1, 0.15) is 47.7 Å². The Kier molecular flexibility index (Phi) is 6.97. The van der Waals surface area contributed by atoms with E-state index in [-0.39, 0.29) is 40.6 Å². The maximum atomic E-state index is 13.5. The number of amides is 1. The van der Waals surface area contributed by atoms with Gasteiger partial charge in [0.1, 0.15) is 17.0 Å². The minimum atomic E-state index is -4.62. The molecule has 4 aromatic rings. The summed E-state index contributed by atoms with van der Waals surface area (Å²) < 4.78 is 51.1. The van der Waals surface area contributed by atoms with Gasteiger partial charge in [0.2, 0.25) is 5.89 Å². The van der Waals surface area contributed by atoms with E-state index in [4.69, 9.17) is 14.9 Å². The molecule has 1 aromatic carbocycles. The van der Waals surface area contributed by atoms with Crippen molar-refractivity contribution in [1.82, 2.24) is 19.9 Å². The van der Waals surface area contributed by atoms with Crippen LogP contribution in [0.2, 0.25) is 0 Å². The highest BCUT2D eigenvalue weighted by molar-refractivity contribution is 7.13. The lowest BCUT2D eigenvalue weighted by Crippen LogP contribution is -2.42. The zero-order valence-electron chi connectivity index (χ0n) is 20.6. The molecule has 1 saturated heterocycles. The van der Waals surface area contributed by atoms with E-state index in [0.29, 0.717) is 24.0 Å². The molecule has 0 unspecified atom stereocenters. The second-order valence-corrected chi connectivity index (χ2v) is 9.87. The van der Waals surface area contributed by atoms with Gasteiger partial charge in [0.25, 0.3) is 5.91 Å². The van der Waals surface area contributed by atoms with Gasteiger partial charge in [-0.3, -0.25) is 4.79 Å². The van der Waals surface area contributed by atoms with Crippen molar-refractivity contribution in [2.45, 2.75) is 38.0 Å². The van der Waals surface area contributed by atoms with Gasteiger partial charge in [0.05, 0.1) is 13.2 Å². The maximum absolute atomic E-state index is 13.5. The molecule has 0 radical (unpaired) electrons. The summed E-state index contributed by atoms with van der Waals surface area (Å²) in [6.07, 6.45) is -1.41. The largest absolute Gasteiger partial charge is 0.494 e. The fraction of sp³-hybridized carbons (Fsp3) is 0.360. The molecule has 0 spiro atoms. The standard InChI is InChI=1S/C25H25F3N6O3S/c1-13(29)21-20(23(35)34-10-7-14(8-11-34)31-24-30-9-12-38-24)33-22(37-21)16-3-5-17(36-2)19-15(16)4-6-18(32-19)25(26,27)28/h3-6,9,12-14H,7-8,10-11,29H2,1-2H3,(H,30,31)/t13-/m0/s1. The molecule has 1 aliphatic heterocycles. The summed E-state index contributed by atoms with van der Waals surface area (Å²) in [7, 11) is 1.35. The molecule has 200 valence electrons. The molecule has 13 heteroatoms. The number of carbonyl (C=O) groups excluding carboxylic acids is 1. The van der Waals surface area contributed by atoms with Gasteiger partial charge in [-0.05, 0) is 44.0 Å². The van der Waals surface area contributed by atoms with E-state index in [1.54, 1.807) is 24.1 Å². The Balaban J connectivity index is 1.45. The highest BCUT2D eigenvalue weighted by Crippen LogP contribution is 2.37. The van der Waals surface area contributed by atoms with Crippen LogP contribution in [-0.2, 0) is 6.18 Å². The van der Waals surface area contributed by atoms with Crippen LogP contribution in [0.5, 0.6) is 5.75 Å². The number of methoxy groups -OCH3 is 1. The summed E-state index contributed by atoms with van der Waals surface area (Å²) >= 11 is 1.52. The highest BCUT2D eigenvalue weighted by atomic mass is 32.1. The fourth-order valence-electron chi connectivity index (χ4n) is 4.46. The summed E-state index contributed by atoms with van der Waals surface area (Å²) in [5, 5.41) is 6.46. The molecule has 1 amide bonds. The van der Waals surface area contributed by atoms with Crippen LogP contribution < -0.4 is 15.8 Å². The lowest BCUT2D eigenvalue weighted by Gasteiger charge is -2.32. The van der Waals surface area contributed by atoms with Crippen molar-refractivity contribution in [2.75, 3.05) is 25.5 Å². The van der Waals surface area contributed by atoms with Crippen molar-refractivity contribution in [3.8, 4) is 17.2 Å². The van der Waals surface area contributed by atoms with Crippen molar-refractivity contribution >= 4 is 33.3 Å². The second kappa shape index (κ2) is 10.2. The number of nitrogens with two attached hydrogens (primary N) is 1. The van der Waals surface area contributed by atoms with Gasteiger partial charge in [-0.25, -0.2) is 15.0 Å². The number of anilines is 1. The first kappa shape index (κ1) is 25.9. The fourth-order valence-corrected chi connectivity index (χ4v) is 5.06. The van der Waals surface area contributed by atoms with E-state index in [0.717, 1.165) is 24.0 Å². The average Bonchev–Trinajstić information content (AvgIpc) is 3.57. The first-order chi connectivity index (χ1) is 18.2. The summed E-state index contributed by atoms with van der Waals surface area (Å²) in [5.74, 6) is 0.127. The Hall–Kier alpha value is -3.71. The molecule has 5 rings (SSSR count). The van der Waals surface area contributed by atoms with E-state index in [9.17, 15) is 18.0 Å². The number of oxazole rings is 1. The quantitative estimate of drug-likeness (QED) is 0.343. The zero-order valence-corrected chi connectivity index (χ0v) is 21.4. The number of pyridine rings is 1. The molecule has 1 atom stereocenters. The third-order valence-corrected chi connectivity index (χ3v) is 7.08. The van der Waals surface area contributed by atoms with Crippen LogP contribution in [0.15, 0.2) is 40.3 Å². The minimum Gasteiger partial charge on any atom is -0.494 e. The Morgan fingerprint density at radius 2 is 2.00 bits per heavy atom. The predicted octanol–water partition coefficient (Wildman–Crippen LogP) is 5.11. The smallest absolute Gasteiger partial charge is 0.433 e. The number of piperidine rings is 1. The number of thiazole rings is 1. The van der Waals surface area contributed by atoms with Gasteiger partial charge >= 0.3 is 6.18 Å². The molecule has 0 aliphatic carbocycles. The van der Waals surface area contributed by atoms with E-state index < -0.39 is 17.9 Å². The lowest BCUT2D eigenvalue weighted by molar-refractivity contribution is -0.140. The van der Waals surface area contributed by atoms with E-state index in [1.807, 2.05) is 5.38 Å². The topological polar surface area (TPSA) is 119 Å². The molecule has 4 heterocycles. The molecule has 0 saturated carbocycles. The van der Waals surface area contributed by atoms with Crippen LogP contribution in [0.25, 0.3) is 22.4 Å². The van der Waals surface area contributed by atoms with Crippen molar-refractivity contribution < 1.29 is 27.1 Å². The SMILES string of the molecule is COc1ccc(-c2nc(C(=O)N3CCC(Nc4nccs4)CC3)c([C@H](C)N)o2)c2ccc(C(F)(F)F)nc12. The normalized spacial score (nSPS) is 15.6. The third kappa shape index (κ3) is 5.03. The van der Waals surface area contributed by atoms with Gasteiger partial charge in [-0.1, -0.05) is 0 Å². The molecule has 9 nitrogen and oxygen atoms in total. The average molecular weight is 547 g/mol. The van der Waals surface area contributed by atoms with Crippen LogP contribution in [0.3, 0.4) is 0 Å². The molecule has 38 heavy (non-hydrogen) atoms. The van der Waals surface area contributed by atoms with E-state index in [2.05, 4.69) is 20.3 Å². The Labute approximate surface area is 219 Å². The van der Waals surface area contributed by atoms with Gasteiger partial charge in [-0.2, -0.15) is 13.2 Å². The van der Waals surface area contributed by atoms with Crippen LogP contribution in [-0.4, -0.2) is 52.0 Å². The van der Waals surface area contributed by atoms with Crippen molar-refractivity contribution in [3.63, 3.8) is 0 Å². The molecule has 1 aliphatic rings. The van der Waals surface area contributed by atoms with Gasteiger partial charge in [0, 0.05) is 41.7 Å². The maximum Gasteiger partial charge on any atom is 0.433 e. The molecule has 3 aromatic heterocycles. The second-order valence-electron chi connectivity index (χ2n) is 8.97. The van der Waals surface area contributed by atoms with Crippen molar-refractivity contribution in [2.24, 2.45) is 5.73 Å². The Bertz CT molecular complexity index is 1450. The Morgan fingerprint density at radius 3 is 2.63 bits per heavy atom. The summed E-state index contributed by atoms with van der Waals surface area (Å²) in [6, 6.07) is 4.83. The molecular formula is C25H25F3N6O3S. The number of aromatic nitrogens is 3. The number of hydrogen-bond acceptors (Lipinski definition) is 9. The zero-order chi connectivity index (χ0) is 27.0. The number of fused-ring (bicyclic) bond motifs is 1. The third-order valence-electron chi connectivity index (χ3n) is 6.37. The van der Waals surface area contributed by atoms with Crippen LogP contribution >= 0.6 is 11.3 Å². The van der Waals surface area contributed by atoms with Crippen molar-refractivity contribution in [3.05, 3.63) is 53.0 Å². The monoisotopic (exact) mass is 546 g/mol. The number of benzene rings is 1. The summed E-state index contributed by atoms with van der Waals surface area (Å²) in [6.45, 7) is 2.70. The number of rotatable bonds is 6. The van der Waals surface area contributed by atoms with E-state index >= 15 is 0 Å². The number of hydrogen-bond donors (Lipinski definition) is 2. The summed E-state index contributed by atoms with van der Waals surface area (Å²) in [5.41, 5.74) is 5.53. The highest BCUT2D eigenvalue weighted by Gasteiger charge is 2.34. The van der Waals surface area contributed by atoms with Gasteiger partial charge in [0.15, 0.2) is 16.6 Å². The Morgan fingerprint density at radius 1 is 1.24 bits per heavy atom. The lowest BCUT2D eigenvalue weighted by atomic mass is 10.0. The predicted molar refractivity (Wildman–Crippen MR) is 136 cm³/mol. The van der Waals surface area contributed by atoms with Gasteiger partial charge < -0.3 is 25.1 Å². The first-order valence-electron chi connectivity index (χ1n) is 11.9. The van der Waals surface area contributed by atoms with Crippen LogP contribution in [0, 0.1) is 0 Å². The molecule has 3 N–H and O–H groups in total. The number of likely N-dealkylation sites (tertiary alicyclic amines) is 1. The molecule has 1 fully saturated rings. The number of carbonyl (C=O) groups is 1. The summed E-state index contributed by atoms with van der Waals surface area (Å²) in [4.78, 5) is 27.7. The minimum absolute atomic E-state index is 0.00283. The van der Waals surface area contributed by atoms with E-state index in [1.165, 1.54) is 30.6 Å². The number of nitrogens with zero attached hydrogens (tertiary/aromatic N) is 4. The number of ether oxygens (including phenoxy) is 1. The molecule has 0 bridgehead atoms. The molecular weight excluding hydrogens is 521 g/mol. The van der Waals surface area contributed by atoms with Crippen LogP contribution in [0.4, 0.5) is 18.3 Å². The number of nitrogens with one attached hydrogen (secondary N) is 1. The van der Waals surface area contributed by atoms with Gasteiger partial charge in [-0.15, -0.1) is 11.3 Å². The van der Waals surface area contributed by atoms with Crippen molar-refractivity contribution in [1.29, 1.82) is 0 Å². The number of halogens is 3. The first-order valence-corrected chi connectivity index (χ1v) is 12.8. The number of alkyl halides is 3.